The highest BCUT2D eigenvalue weighted by Gasteiger charge is 2.24. The van der Waals surface area contributed by atoms with Crippen molar-refractivity contribution in [2.75, 3.05) is 36.8 Å². The second kappa shape index (κ2) is 6.49. The molecule has 1 saturated heterocycles. The van der Waals surface area contributed by atoms with Gasteiger partial charge < -0.3 is 15.5 Å². The summed E-state index contributed by atoms with van der Waals surface area (Å²) in [7, 11) is 0. The van der Waals surface area contributed by atoms with Crippen molar-refractivity contribution < 1.29 is 4.79 Å². The Morgan fingerprint density at radius 1 is 0.963 bits per heavy atom. The summed E-state index contributed by atoms with van der Waals surface area (Å²) in [5.41, 5.74) is 9.50. The first-order valence-electron chi connectivity index (χ1n) is 8.90. The molecule has 0 spiro atoms. The Balaban J connectivity index is 1.50. The largest absolute Gasteiger partial charge is 0.368 e. The Kier molecular flexibility index (Phi) is 4.14. The number of nitrogen functional groups attached to an aromatic ring is 1. The van der Waals surface area contributed by atoms with Gasteiger partial charge in [-0.1, -0.05) is 0 Å². The molecule has 2 N–H and O–H groups in total. The molecule has 1 amide bonds. The van der Waals surface area contributed by atoms with Crippen LogP contribution in [0.3, 0.4) is 0 Å². The molecule has 0 aromatic carbocycles. The summed E-state index contributed by atoms with van der Waals surface area (Å²) in [5.74, 6) is 1.02. The molecular formula is C18H22N8O. The fourth-order valence-electron chi connectivity index (χ4n) is 3.39. The van der Waals surface area contributed by atoms with E-state index in [0.29, 0.717) is 37.5 Å². The van der Waals surface area contributed by atoms with Crippen molar-refractivity contribution in [3.05, 3.63) is 41.0 Å². The molecule has 0 atom stereocenters. The molecule has 27 heavy (non-hydrogen) atoms. The molecule has 9 heteroatoms. The van der Waals surface area contributed by atoms with Crippen molar-refractivity contribution in [3.63, 3.8) is 0 Å². The number of nitrogens with two attached hydrogens (primary N) is 1. The molecular weight excluding hydrogens is 344 g/mol. The van der Waals surface area contributed by atoms with E-state index in [1.807, 2.05) is 37.8 Å². The summed E-state index contributed by atoms with van der Waals surface area (Å²) >= 11 is 0. The second-order valence-corrected chi connectivity index (χ2v) is 6.84. The minimum atomic E-state index is -0.0579. The standard InChI is InChI=1S/C18H22N8O/c1-11-8-15(22-18(19)20-11)24-4-6-25(7-5-24)17(27)14-10-13(3)26-16(21-14)9-12(2)23-26/h8-10H,4-7H2,1-3H3,(H2,19,20,22). The van der Waals surface area contributed by atoms with E-state index >= 15 is 0 Å². The number of hydrogen-bond donors (Lipinski definition) is 1. The monoisotopic (exact) mass is 366 g/mol. The van der Waals surface area contributed by atoms with Crippen molar-refractivity contribution >= 4 is 23.3 Å². The van der Waals surface area contributed by atoms with Crippen LogP contribution in [0.1, 0.15) is 27.6 Å². The number of carbonyl (C=O) groups excluding carboxylic acids is 1. The van der Waals surface area contributed by atoms with Crippen LogP contribution in [0, 0.1) is 20.8 Å². The number of aryl methyl sites for hydroxylation is 3. The molecule has 0 radical (unpaired) electrons. The van der Waals surface area contributed by atoms with E-state index in [2.05, 4.69) is 25.0 Å². The number of nitrogens with zero attached hydrogens (tertiary/aromatic N) is 7. The topological polar surface area (TPSA) is 106 Å². The summed E-state index contributed by atoms with van der Waals surface area (Å²) in [4.78, 5) is 29.8. The van der Waals surface area contributed by atoms with Gasteiger partial charge in [-0.3, -0.25) is 4.79 Å². The summed E-state index contributed by atoms with van der Waals surface area (Å²) in [6, 6.07) is 5.58. The predicted octanol–water partition coefficient (Wildman–Crippen LogP) is 0.989. The lowest BCUT2D eigenvalue weighted by molar-refractivity contribution is 0.0740. The molecule has 1 aliphatic rings. The number of piperazine rings is 1. The van der Waals surface area contributed by atoms with Crippen LogP contribution < -0.4 is 10.6 Å². The van der Waals surface area contributed by atoms with Crippen LogP contribution in [0.25, 0.3) is 5.65 Å². The average Bonchev–Trinajstić information content (AvgIpc) is 3.01. The first-order valence-corrected chi connectivity index (χ1v) is 8.90. The lowest BCUT2D eigenvalue weighted by Gasteiger charge is -2.35. The molecule has 9 nitrogen and oxygen atoms in total. The highest BCUT2D eigenvalue weighted by Crippen LogP contribution is 2.17. The van der Waals surface area contributed by atoms with Crippen LogP contribution in [0.5, 0.6) is 0 Å². The zero-order valence-corrected chi connectivity index (χ0v) is 15.7. The molecule has 3 aromatic heterocycles. The van der Waals surface area contributed by atoms with E-state index in [1.165, 1.54) is 0 Å². The number of rotatable bonds is 2. The summed E-state index contributed by atoms with van der Waals surface area (Å²) in [6.07, 6.45) is 0. The molecule has 140 valence electrons. The van der Waals surface area contributed by atoms with Crippen LogP contribution in [-0.4, -0.2) is 61.6 Å². The van der Waals surface area contributed by atoms with Crippen LogP contribution in [0.15, 0.2) is 18.2 Å². The Morgan fingerprint density at radius 3 is 2.41 bits per heavy atom. The highest BCUT2D eigenvalue weighted by molar-refractivity contribution is 5.93. The lowest BCUT2D eigenvalue weighted by atomic mass is 10.2. The fraction of sp³-hybridized carbons (Fsp3) is 0.389. The average molecular weight is 366 g/mol. The molecule has 0 saturated carbocycles. The third kappa shape index (κ3) is 3.27. The highest BCUT2D eigenvalue weighted by atomic mass is 16.2. The number of aromatic nitrogens is 5. The van der Waals surface area contributed by atoms with Gasteiger partial charge >= 0.3 is 0 Å². The number of amides is 1. The number of carbonyl (C=O) groups is 1. The van der Waals surface area contributed by atoms with Crippen molar-refractivity contribution in [2.45, 2.75) is 20.8 Å². The summed E-state index contributed by atoms with van der Waals surface area (Å²) in [5, 5.41) is 4.38. The van der Waals surface area contributed by atoms with Gasteiger partial charge in [0.1, 0.15) is 11.5 Å². The lowest BCUT2D eigenvalue weighted by Crippen LogP contribution is -2.49. The normalized spacial score (nSPS) is 14.8. The van der Waals surface area contributed by atoms with Gasteiger partial charge in [-0.15, -0.1) is 0 Å². The van der Waals surface area contributed by atoms with E-state index in [9.17, 15) is 4.79 Å². The maximum atomic E-state index is 12.9. The van der Waals surface area contributed by atoms with Gasteiger partial charge in [-0.2, -0.15) is 10.1 Å². The Morgan fingerprint density at radius 2 is 1.70 bits per heavy atom. The first kappa shape index (κ1) is 17.2. The predicted molar refractivity (Wildman–Crippen MR) is 102 cm³/mol. The Labute approximate surface area is 156 Å². The number of anilines is 2. The van der Waals surface area contributed by atoms with E-state index in [1.54, 1.807) is 10.6 Å². The van der Waals surface area contributed by atoms with Crippen molar-refractivity contribution in [3.8, 4) is 0 Å². The minimum absolute atomic E-state index is 0.0579. The zero-order chi connectivity index (χ0) is 19.1. The maximum Gasteiger partial charge on any atom is 0.272 e. The van der Waals surface area contributed by atoms with Crippen molar-refractivity contribution in [1.82, 2.24) is 29.5 Å². The summed E-state index contributed by atoms with van der Waals surface area (Å²) < 4.78 is 1.76. The molecule has 0 aliphatic carbocycles. The maximum absolute atomic E-state index is 12.9. The van der Waals surface area contributed by atoms with Gasteiger partial charge in [-0.25, -0.2) is 14.5 Å². The molecule has 1 aliphatic heterocycles. The van der Waals surface area contributed by atoms with Crippen LogP contribution in [-0.2, 0) is 0 Å². The second-order valence-electron chi connectivity index (χ2n) is 6.84. The smallest absolute Gasteiger partial charge is 0.272 e. The molecule has 0 unspecified atom stereocenters. The Bertz CT molecular complexity index is 999. The molecule has 4 rings (SSSR count). The quantitative estimate of drug-likeness (QED) is 0.721. The van der Waals surface area contributed by atoms with Crippen LogP contribution in [0.4, 0.5) is 11.8 Å². The fourth-order valence-corrected chi connectivity index (χ4v) is 3.39. The van der Waals surface area contributed by atoms with E-state index in [4.69, 9.17) is 5.73 Å². The van der Waals surface area contributed by atoms with E-state index in [-0.39, 0.29) is 11.9 Å². The third-order valence-corrected chi connectivity index (χ3v) is 4.70. The molecule has 4 heterocycles. The van der Waals surface area contributed by atoms with E-state index in [0.717, 1.165) is 22.9 Å². The van der Waals surface area contributed by atoms with Crippen molar-refractivity contribution in [2.24, 2.45) is 0 Å². The SMILES string of the molecule is Cc1cc(N2CCN(C(=O)c3cc(C)n4nc(C)cc4n3)CC2)nc(N)n1. The van der Waals surface area contributed by atoms with Crippen LogP contribution >= 0.6 is 0 Å². The number of hydrogen-bond acceptors (Lipinski definition) is 7. The number of fused-ring (bicyclic) bond motifs is 1. The molecule has 0 bridgehead atoms. The Hall–Kier alpha value is -3.23. The zero-order valence-electron chi connectivity index (χ0n) is 15.7. The summed E-state index contributed by atoms with van der Waals surface area (Å²) in [6.45, 7) is 8.32. The molecule has 3 aromatic rings. The van der Waals surface area contributed by atoms with Gasteiger partial charge in [0.05, 0.1) is 5.69 Å². The first-order chi connectivity index (χ1) is 12.9. The van der Waals surface area contributed by atoms with Crippen LogP contribution in [0.2, 0.25) is 0 Å². The van der Waals surface area contributed by atoms with Gasteiger partial charge in [0.15, 0.2) is 5.65 Å². The van der Waals surface area contributed by atoms with Crippen molar-refractivity contribution in [1.29, 1.82) is 0 Å². The van der Waals surface area contributed by atoms with Gasteiger partial charge in [0.25, 0.3) is 5.91 Å². The molecule has 1 fully saturated rings. The third-order valence-electron chi connectivity index (χ3n) is 4.70. The van der Waals surface area contributed by atoms with Gasteiger partial charge in [-0.05, 0) is 26.8 Å². The minimum Gasteiger partial charge on any atom is -0.368 e. The van der Waals surface area contributed by atoms with Gasteiger partial charge in [0.2, 0.25) is 5.95 Å². The van der Waals surface area contributed by atoms with E-state index < -0.39 is 0 Å². The van der Waals surface area contributed by atoms with Gasteiger partial charge in [0, 0.05) is 49.7 Å².